The lowest BCUT2D eigenvalue weighted by atomic mass is 9.87. The predicted octanol–water partition coefficient (Wildman–Crippen LogP) is 7.93. The second kappa shape index (κ2) is 50.8. The van der Waals surface area contributed by atoms with Crippen molar-refractivity contribution < 1.29 is 120 Å². The molecule has 0 saturated heterocycles. The molecule has 2 aromatic rings. The van der Waals surface area contributed by atoms with Crippen molar-refractivity contribution >= 4 is 12.4 Å². The average molecular weight is 1620 g/mol. The first-order valence-corrected chi connectivity index (χ1v) is 35.1. The number of benzene rings is 2. The smallest absolute Gasteiger partial charge is 0.127 e. The van der Waals surface area contributed by atoms with E-state index in [1.807, 2.05) is 12.4 Å². The summed E-state index contributed by atoms with van der Waals surface area (Å²) in [4.78, 5) is 10.7. The van der Waals surface area contributed by atoms with Crippen LogP contribution in [0.1, 0.15) is 313 Å². The van der Waals surface area contributed by atoms with Gasteiger partial charge in [-0.25, -0.2) is 0 Å². The lowest BCUT2D eigenvalue weighted by Gasteiger charge is -2.40. The zero-order chi connectivity index (χ0) is 58.5. The summed E-state index contributed by atoms with van der Waals surface area (Å²) in [5.74, 6) is 1.67. The number of hydrogen-bond donors (Lipinski definition) is 2. The van der Waals surface area contributed by atoms with Crippen molar-refractivity contribution in [3.05, 3.63) is 57.6 Å². The Hall–Kier alpha value is 0.180. The van der Waals surface area contributed by atoms with Crippen LogP contribution in [0.4, 0.5) is 0 Å². The van der Waals surface area contributed by atoms with Gasteiger partial charge in [-0.3, -0.25) is 9.98 Å². The van der Waals surface area contributed by atoms with E-state index in [2.05, 4.69) is 107 Å². The molecule has 7 nitrogen and oxygen atoms in total. The summed E-state index contributed by atoms with van der Waals surface area (Å²) >= 11 is 0. The highest BCUT2D eigenvalue weighted by Gasteiger charge is 2.31. The van der Waals surface area contributed by atoms with E-state index in [4.69, 9.17) is 9.98 Å². The van der Waals surface area contributed by atoms with Gasteiger partial charge in [-0.05, 0) is 176 Å². The molecular formula is C73H134I4N5O2-. The first kappa shape index (κ1) is 86.2. The second-order valence-corrected chi connectivity index (χ2v) is 26.4. The molecule has 1 aliphatic rings. The second-order valence-electron chi connectivity index (χ2n) is 26.4. The van der Waals surface area contributed by atoms with Crippen LogP contribution in [0.2, 0.25) is 0 Å². The van der Waals surface area contributed by atoms with Crippen molar-refractivity contribution in [2.75, 3.05) is 78.5 Å². The zero-order valence-corrected chi connectivity index (χ0v) is 65.5. The maximum atomic E-state index is 11.8. The van der Waals surface area contributed by atoms with E-state index < -0.39 is 0 Å². The molecule has 0 spiro atoms. The van der Waals surface area contributed by atoms with Crippen LogP contribution >= 0.6 is 0 Å². The Morgan fingerprint density at radius 3 is 0.833 bits per heavy atom. The predicted molar refractivity (Wildman–Crippen MR) is 353 cm³/mol. The summed E-state index contributed by atoms with van der Waals surface area (Å²) in [7, 11) is 0. The lowest BCUT2D eigenvalue weighted by molar-refractivity contribution is -0.929. The van der Waals surface area contributed by atoms with Crippen LogP contribution in [-0.4, -0.2) is 127 Å². The number of nitrogens with zero attached hydrogens (tertiary/aromatic N) is 5. The lowest BCUT2D eigenvalue weighted by Crippen LogP contribution is -3.00. The van der Waals surface area contributed by atoms with Crippen molar-refractivity contribution in [1.29, 1.82) is 0 Å². The number of phenols is 2. The highest BCUT2D eigenvalue weighted by atomic mass is 127. The van der Waals surface area contributed by atoms with Gasteiger partial charge in [-0.1, -0.05) is 165 Å². The Morgan fingerprint density at radius 1 is 0.369 bits per heavy atom. The van der Waals surface area contributed by atoms with Gasteiger partial charge in [-0.15, -0.1) is 0 Å². The standard InChI is InChI=1S/C73H132N5O2.4HI/c1-13-23-38-64(39-35-53-76(44-24-14-2,45-25-15-3)46-26-16-4)66-56-62(11)72(79)68(58-66)60-74-70-42-33-34-43-71(70)75-61-69-59-67(57-63(12)73(69)80)65(40-36-54-77(47-27-17-5,48-28-18-6)49-29-19-7)41-37-55-78(50-30-20-8,51-31-21-9)52-32-22-10;;;;/h56-61,64-65,70-71H,13-55H2,1-12H3;4*1H/q+1;;;;/p-2/t64?,70-,71-;;;;/m0..../s1. The van der Waals surface area contributed by atoms with Crippen LogP contribution in [0.25, 0.3) is 0 Å². The van der Waals surface area contributed by atoms with Crippen molar-refractivity contribution in [3.8, 4) is 11.5 Å². The Morgan fingerprint density at radius 2 is 0.595 bits per heavy atom. The number of aromatic hydroxyl groups is 2. The third kappa shape index (κ3) is 31.5. The molecule has 1 fully saturated rings. The van der Waals surface area contributed by atoms with Crippen LogP contribution in [-0.2, 0) is 0 Å². The molecule has 0 bridgehead atoms. The van der Waals surface area contributed by atoms with Crippen LogP contribution < -0.4 is 95.9 Å². The maximum absolute atomic E-state index is 11.8. The van der Waals surface area contributed by atoms with Gasteiger partial charge in [-0.2, -0.15) is 0 Å². The number of unbranched alkanes of at least 4 members (excludes halogenated alkanes) is 10. The molecule has 3 rings (SSSR count). The zero-order valence-electron chi connectivity index (χ0n) is 56.8. The SMILES string of the molecule is CCCCC(CCC[N+](CCCC)(CCCC)CCCC)c1cc(C)c(O)c(C=N[C@H]2CCCC[C@@H]2N=Cc2cc(C(CCC[N+](CCCC)(CCCC)CCCC)CCC[N+](CCCC)(CCCC)CCCC)cc(C)c2O)c1.[I-].[I-].[I-].[I-]. The van der Waals surface area contributed by atoms with Crippen LogP contribution in [0.3, 0.4) is 0 Å². The summed E-state index contributed by atoms with van der Waals surface area (Å²) in [6.45, 7) is 43.6. The fraction of sp³-hybridized carbons (Fsp3) is 0.808. The van der Waals surface area contributed by atoms with Gasteiger partial charge in [0.1, 0.15) is 11.5 Å². The molecule has 492 valence electrons. The molecule has 2 N–H and O–H groups in total. The number of hydrogen-bond acceptors (Lipinski definition) is 4. The van der Waals surface area contributed by atoms with Crippen LogP contribution in [0.5, 0.6) is 11.5 Å². The summed E-state index contributed by atoms with van der Waals surface area (Å²) in [5, 5.41) is 23.5. The maximum Gasteiger partial charge on any atom is 0.127 e. The minimum Gasteiger partial charge on any atom is -1.00 e. The van der Waals surface area contributed by atoms with E-state index in [9.17, 15) is 10.2 Å². The summed E-state index contributed by atoms with van der Waals surface area (Å²) in [5.41, 5.74) is 6.42. The molecule has 2 aromatic carbocycles. The first-order valence-electron chi connectivity index (χ1n) is 35.1. The highest BCUT2D eigenvalue weighted by molar-refractivity contribution is 5.86. The molecule has 0 radical (unpaired) electrons. The molecule has 0 amide bonds. The molecule has 1 unspecified atom stereocenters. The Kier molecular flexibility index (Phi) is 52.1. The number of quaternary nitrogens is 3. The molecular weight excluding hydrogens is 1490 g/mol. The highest BCUT2D eigenvalue weighted by Crippen LogP contribution is 2.36. The van der Waals surface area contributed by atoms with E-state index in [0.717, 1.165) is 47.9 Å². The number of phenolic OH excluding ortho intramolecular Hbond substituents is 2. The summed E-state index contributed by atoms with van der Waals surface area (Å²) in [6.07, 6.45) is 42.6. The quantitative estimate of drug-likeness (QED) is 0.0402. The van der Waals surface area contributed by atoms with Gasteiger partial charge in [0.2, 0.25) is 0 Å². The van der Waals surface area contributed by atoms with Crippen molar-refractivity contribution in [2.24, 2.45) is 9.98 Å². The molecule has 0 aliphatic heterocycles. The van der Waals surface area contributed by atoms with Crippen molar-refractivity contribution in [2.45, 2.75) is 306 Å². The topological polar surface area (TPSA) is 65.2 Å². The van der Waals surface area contributed by atoms with Crippen LogP contribution in [0.15, 0.2) is 34.3 Å². The third-order valence-electron chi connectivity index (χ3n) is 19.5. The first-order chi connectivity index (χ1) is 38.8. The Labute approximate surface area is 590 Å². The van der Waals surface area contributed by atoms with E-state index >= 15 is 0 Å². The number of halogens is 4. The summed E-state index contributed by atoms with van der Waals surface area (Å²) < 4.78 is 3.90. The molecule has 84 heavy (non-hydrogen) atoms. The van der Waals surface area contributed by atoms with Gasteiger partial charge in [0.15, 0.2) is 0 Å². The normalized spacial score (nSPS) is 15.3. The summed E-state index contributed by atoms with van der Waals surface area (Å²) in [6, 6.07) is 9.31. The Balaban J connectivity index is 0. The largest absolute Gasteiger partial charge is 1.00 e. The fourth-order valence-electron chi connectivity index (χ4n) is 14.0. The van der Waals surface area contributed by atoms with Crippen LogP contribution in [0, 0.1) is 13.8 Å². The van der Waals surface area contributed by atoms with Gasteiger partial charge in [0.25, 0.3) is 0 Å². The molecule has 0 aromatic heterocycles. The fourth-order valence-corrected chi connectivity index (χ4v) is 14.0. The molecule has 0 heterocycles. The van der Waals surface area contributed by atoms with Gasteiger partial charge < -0.3 is 120 Å². The van der Waals surface area contributed by atoms with E-state index in [0.29, 0.717) is 23.3 Å². The number of aliphatic imine (C=N–C) groups is 2. The minimum atomic E-state index is 0. The molecule has 11 heteroatoms. The number of rotatable bonds is 48. The van der Waals surface area contributed by atoms with Gasteiger partial charge >= 0.3 is 0 Å². The van der Waals surface area contributed by atoms with Crippen molar-refractivity contribution in [1.82, 2.24) is 0 Å². The van der Waals surface area contributed by atoms with E-state index in [1.54, 1.807) is 0 Å². The number of aryl methyl sites for hydroxylation is 2. The van der Waals surface area contributed by atoms with E-state index in [1.165, 1.54) is 276 Å². The van der Waals surface area contributed by atoms with Crippen molar-refractivity contribution in [3.63, 3.8) is 0 Å². The van der Waals surface area contributed by atoms with E-state index in [-0.39, 0.29) is 108 Å². The molecule has 3 atom stereocenters. The van der Waals surface area contributed by atoms with Gasteiger partial charge in [0, 0.05) is 23.6 Å². The monoisotopic (exact) mass is 1620 g/mol. The van der Waals surface area contributed by atoms with Gasteiger partial charge in [0.05, 0.1) is 90.6 Å². The minimum absolute atomic E-state index is 0. The molecule has 1 saturated carbocycles. The average Bonchev–Trinajstić information content (AvgIpc) is 3.68. The Bertz CT molecular complexity index is 1880. The third-order valence-corrected chi connectivity index (χ3v) is 19.5. The molecule has 1 aliphatic carbocycles.